The fraction of sp³-hybridized carbons (Fsp3) is 0.250. The summed E-state index contributed by atoms with van der Waals surface area (Å²) in [6.07, 6.45) is 2.50. The number of fused-ring (bicyclic) bond motifs is 1. The molecule has 0 atom stereocenters. The molecule has 1 heterocycles. The number of aromatic amines is 1. The highest BCUT2D eigenvalue weighted by molar-refractivity contribution is 6.05. The minimum absolute atomic E-state index is 0.359. The van der Waals surface area contributed by atoms with E-state index in [1.54, 1.807) is 6.07 Å². The Bertz CT molecular complexity index is 538. The summed E-state index contributed by atoms with van der Waals surface area (Å²) in [6, 6.07) is 7.67. The Morgan fingerprint density at radius 2 is 2.20 bits per heavy atom. The largest absolute Gasteiger partial charge is 0.366 e. The van der Waals surface area contributed by atoms with Crippen LogP contribution in [0.25, 0.3) is 10.9 Å². The van der Waals surface area contributed by atoms with Crippen LogP contribution in [0.5, 0.6) is 0 Å². The third-order valence-corrected chi connectivity index (χ3v) is 2.97. The van der Waals surface area contributed by atoms with Gasteiger partial charge in [-0.05, 0) is 37.0 Å². The summed E-state index contributed by atoms with van der Waals surface area (Å²) in [5.41, 5.74) is 8.18. The summed E-state index contributed by atoms with van der Waals surface area (Å²) < 4.78 is 0. The van der Waals surface area contributed by atoms with Gasteiger partial charge in [-0.1, -0.05) is 6.07 Å². The molecule has 0 saturated heterocycles. The SMILES string of the molecule is NC(=O)c1cccc2[nH]c(C3CC3)cc12. The van der Waals surface area contributed by atoms with Crippen molar-refractivity contribution < 1.29 is 4.79 Å². The predicted molar refractivity (Wildman–Crippen MR) is 58.8 cm³/mol. The molecule has 1 aromatic carbocycles. The second-order valence-electron chi connectivity index (χ2n) is 4.13. The van der Waals surface area contributed by atoms with Crippen molar-refractivity contribution in [1.82, 2.24) is 4.98 Å². The molecule has 1 aliphatic carbocycles. The number of hydrogen-bond acceptors (Lipinski definition) is 1. The number of nitrogens with two attached hydrogens (primary N) is 1. The van der Waals surface area contributed by atoms with Crippen molar-refractivity contribution in [3.8, 4) is 0 Å². The highest BCUT2D eigenvalue weighted by atomic mass is 16.1. The van der Waals surface area contributed by atoms with Gasteiger partial charge in [0.25, 0.3) is 0 Å². The van der Waals surface area contributed by atoms with E-state index in [-0.39, 0.29) is 5.91 Å². The summed E-state index contributed by atoms with van der Waals surface area (Å²) >= 11 is 0. The zero-order chi connectivity index (χ0) is 10.4. The first-order chi connectivity index (χ1) is 7.25. The molecule has 1 amide bonds. The number of carbonyl (C=O) groups is 1. The molecule has 1 aromatic heterocycles. The van der Waals surface area contributed by atoms with E-state index in [0.29, 0.717) is 11.5 Å². The fourth-order valence-electron chi connectivity index (χ4n) is 2.01. The van der Waals surface area contributed by atoms with Gasteiger partial charge in [-0.25, -0.2) is 0 Å². The molecule has 15 heavy (non-hydrogen) atoms. The van der Waals surface area contributed by atoms with Crippen LogP contribution in [-0.4, -0.2) is 10.9 Å². The first-order valence-electron chi connectivity index (χ1n) is 5.17. The lowest BCUT2D eigenvalue weighted by Crippen LogP contribution is -2.10. The quantitative estimate of drug-likeness (QED) is 0.766. The summed E-state index contributed by atoms with van der Waals surface area (Å²) in [7, 11) is 0. The summed E-state index contributed by atoms with van der Waals surface area (Å²) in [6.45, 7) is 0. The molecular weight excluding hydrogens is 188 g/mol. The van der Waals surface area contributed by atoms with Gasteiger partial charge in [-0.2, -0.15) is 0 Å². The molecule has 0 unspecified atom stereocenters. The second-order valence-corrected chi connectivity index (χ2v) is 4.13. The van der Waals surface area contributed by atoms with Gasteiger partial charge in [0.2, 0.25) is 5.91 Å². The number of aromatic nitrogens is 1. The van der Waals surface area contributed by atoms with Crippen molar-refractivity contribution in [1.29, 1.82) is 0 Å². The topological polar surface area (TPSA) is 58.9 Å². The lowest BCUT2D eigenvalue weighted by Gasteiger charge is -1.95. The first kappa shape index (κ1) is 8.53. The fourth-order valence-corrected chi connectivity index (χ4v) is 2.01. The lowest BCUT2D eigenvalue weighted by atomic mass is 10.1. The number of nitrogens with one attached hydrogen (secondary N) is 1. The van der Waals surface area contributed by atoms with Crippen LogP contribution in [0.2, 0.25) is 0 Å². The van der Waals surface area contributed by atoms with Crippen LogP contribution in [0.4, 0.5) is 0 Å². The van der Waals surface area contributed by atoms with Crippen molar-refractivity contribution in [3.63, 3.8) is 0 Å². The van der Waals surface area contributed by atoms with E-state index in [9.17, 15) is 4.79 Å². The average molecular weight is 200 g/mol. The number of benzene rings is 1. The Hall–Kier alpha value is -1.77. The number of primary amides is 1. The molecule has 1 saturated carbocycles. The van der Waals surface area contributed by atoms with Gasteiger partial charge in [0.1, 0.15) is 0 Å². The van der Waals surface area contributed by atoms with E-state index >= 15 is 0 Å². The van der Waals surface area contributed by atoms with E-state index < -0.39 is 0 Å². The van der Waals surface area contributed by atoms with E-state index in [2.05, 4.69) is 11.1 Å². The molecule has 76 valence electrons. The third kappa shape index (κ3) is 1.31. The molecular formula is C12H12N2O. The van der Waals surface area contributed by atoms with Crippen LogP contribution in [0.3, 0.4) is 0 Å². The van der Waals surface area contributed by atoms with E-state index in [1.165, 1.54) is 18.5 Å². The summed E-state index contributed by atoms with van der Waals surface area (Å²) in [5, 5.41) is 0.951. The molecule has 3 nitrogen and oxygen atoms in total. The maximum atomic E-state index is 11.2. The Labute approximate surface area is 87.3 Å². The van der Waals surface area contributed by atoms with Gasteiger partial charge >= 0.3 is 0 Å². The highest BCUT2D eigenvalue weighted by Gasteiger charge is 2.25. The Morgan fingerprint density at radius 3 is 2.87 bits per heavy atom. The Morgan fingerprint density at radius 1 is 1.40 bits per heavy atom. The number of hydrogen-bond donors (Lipinski definition) is 2. The summed E-state index contributed by atoms with van der Waals surface area (Å²) in [4.78, 5) is 14.6. The molecule has 0 bridgehead atoms. The highest BCUT2D eigenvalue weighted by Crippen LogP contribution is 2.40. The normalized spacial score (nSPS) is 15.7. The Balaban J connectivity index is 2.23. The molecule has 0 spiro atoms. The van der Waals surface area contributed by atoms with E-state index in [1.807, 2.05) is 12.1 Å². The smallest absolute Gasteiger partial charge is 0.249 e. The van der Waals surface area contributed by atoms with Gasteiger partial charge in [0.05, 0.1) is 0 Å². The van der Waals surface area contributed by atoms with Crippen LogP contribution >= 0.6 is 0 Å². The molecule has 1 aliphatic rings. The average Bonchev–Trinajstić information content (AvgIpc) is 2.96. The van der Waals surface area contributed by atoms with Gasteiger partial charge in [0, 0.05) is 22.2 Å². The van der Waals surface area contributed by atoms with Gasteiger partial charge in [0.15, 0.2) is 0 Å². The molecule has 3 heteroatoms. The lowest BCUT2D eigenvalue weighted by molar-refractivity contribution is 0.100. The zero-order valence-corrected chi connectivity index (χ0v) is 8.29. The van der Waals surface area contributed by atoms with Crippen molar-refractivity contribution in [2.24, 2.45) is 5.73 Å². The van der Waals surface area contributed by atoms with E-state index in [4.69, 9.17) is 5.73 Å². The number of carbonyl (C=O) groups excluding carboxylic acids is 1. The van der Waals surface area contributed by atoms with Crippen LogP contribution < -0.4 is 5.73 Å². The maximum absolute atomic E-state index is 11.2. The van der Waals surface area contributed by atoms with Crippen molar-refractivity contribution in [2.45, 2.75) is 18.8 Å². The molecule has 2 aromatic rings. The van der Waals surface area contributed by atoms with Crippen LogP contribution in [0.1, 0.15) is 34.8 Å². The number of rotatable bonds is 2. The molecule has 0 radical (unpaired) electrons. The van der Waals surface area contributed by atoms with Crippen molar-refractivity contribution >= 4 is 16.8 Å². The number of amides is 1. The molecule has 3 rings (SSSR count). The van der Waals surface area contributed by atoms with Crippen molar-refractivity contribution in [3.05, 3.63) is 35.5 Å². The van der Waals surface area contributed by atoms with Crippen LogP contribution in [-0.2, 0) is 0 Å². The zero-order valence-electron chi connectivity index (χ0n) is 8.29. The van der Waals surface area contributed by atoms with Gasteiger partial charge < -0.3 is 10.7 Å². The standard InChI is InChI=1S/C12H12N2O/c13-12(15)8-2-1-3-10-9(8)6-11(14-10)7-4-5-7/h1-3,6-7,14H,4-5H2,(H2,13,15). The Kier molecular flexibility index (Phi) is 1.63. The minimum Gasteiger partial charge on any atom is -0.366 e. The number of H-pyrrole nitrogens is 1. The molecule has 3 N–H and O–H groups in total. The van der Waals surface area contributed by atoms with Crippen molar-refractivity contribution in [2.75, 3.05) is 0 Å². The second kappa shape index (κ2) is 2.86. The van der Waals surface area contributed by atoms with Crippen LogP contribution in [0, 0.1) is 0 Å². The maximum Gasteiger partial charge on any atom is 0.249 e. The molecule has 0 aliphatic heterocycles. The minimum atomic E-state index is -0.359. The van der Waals surface area contributed by atoms with Crippen LogP contribution in [0.15, 0.2) is 24.3 Å². The molecule has 1 fully saturated rings. The van der Waals surface area contributed by atoms with Gasteiger partial charge in [-0.3, -0.25) is 4.79 Å². The predicted octanol–water partition coefficient (Wildman–Crippen LogP) is 2.14. The first-order valence-corrected chi connectivity index (χ1v) is 5.17. The summed E-state index contributed by atoms with van der Waals surface area (Å²) in [5.74, 6) is 0.306. The van der Waals surface area contributed by atoms with E-state index in [0.717, 1.165) is 10.9 Å². The monoisotopic (exact) mass is 200 g/mol. The van der Waals surface area contributed by atoms with Gasteiger partial charge in [-0.15, -0.1) is 0 Å². The third-order valence-electron chi connectivity index (χ3n) is 2.97.